The summed E-state index contributed by atoms with van der Waals surface area (Å²) in [4.78, 5) is 4.05. The van der Waals surface area contributed by atoms with Gasteiger partial charge in [0.25, 0.3) is 0 Å². The van der Waals surface area contributed by atoms with Crippen LogP contribution in [0.3, 0.4) is 0 Å². The molecule has 0 aliphatic rings. The first-order valence-corrected chi connectivity index (χ1v) is 18.4. The Bertz CT molecular complexity index is 3750. The molecule has 0 saturated carbocycles. The third-order valence-corrected chi connectivity index (χ3v) is 11.4. The van der Waals surface area contributed by atoms with Crippen LogP contribution in [0.2, 0.25) is 0 Å². The molecule has 258 valence electrons. The lowest BCUT2D eigenvalue weighted by atomic mass is 9.97. The molecule has 6 heteroatoms. The van der Waals surface area contributed by atoms with Gasteiger partial charge in [0, 0.05) is 49.1 Å². The fraction of sp³-hybridized carbons (Fsp3) is 0. The molecule has 4 aromatic heterocycles. The maximum Gasteiger partial charge on any atom is 0.197 e. The topological polar surface area (TPSA) is 64.3 Å². The number of benzene rings is 8. The Morgan fingerprint density at radius 1 is 0.482 bits per heavy atom. The Morgan fingerprint density at radius 3 is 1.79 bits per heavy atom. The molecule has 0 N–H and O–H groups in total. The first kappa shape index (κ1) is 30.4. The summed E-state index contributed by atoms with van der Waals surface area (Å²) < 4.78 is 17.3. The van der Waals surface area contributed by atoms with Gasteiger partial charge in [0.05, 0.1) is 45.7 Å². The van der Waals surface area contributed by atoms with E-state index in [0.717, 1.165) is 98.9 Å². The number of para-hydroxylation sites is 4. The van der Waals surface area contributed by atoms with Gasteiger partial charge in [-0.15, -0.1) is 0 Å². The molecule has 0 bridgehead atoms. The van der Waals surface area contributed by atoms with Gasteiger partial charge < -0.3 is 18.0 Å². The van der Waals surface area contributed by atoms with Crippen molar-refractivity contribution < 1.29 is 8.83 Å². The summed E-state index contributed by atoms with van der Waals surface area (Å²) in [5.74, 6) is 0. The van der Waals surface area contributed by atoms with Crippen LogP contribution in [0, 0.1) is 17.9 Å². The van der Waals surface area contributed by atoms with Crippen LogP contribution in [-0.4, -0.2) is 9.13 Å². The average Bonchev–Trinajstić information content (AvgIpc) is 4.01. The van der Waals surface area contributed by atoms with Crippen molar-refractivity contribution in [2.75, 3.05) is 0 Å². The number of fused-ring (bicyclic) bond motifs is 14. The molecule has 12 aromatic rings. The summed E-state index contributed by atoms with van der Waals surface area (Å²) in [6.07, 6.45) is 0. The maximum atomic E-state index is 10.7. The zero-order chi connectivity index (χ0) is 37.1. The molecule has 0 amide bonds. The fourth-order valence-corrected chi connectivity index (χ4v) is 9.01. The Morgan fingerprint density at radius 2 is 1.05 bits per heavy atom. The predicted octanol–water partition coefficient (Wildman–Crippen LogP) is 13.8. The van der Waals surface area contributed by atoms with Crippen molar-refractivity contribution in [3.05, 3.63) is 175 Å². The second-order valence-corrected chi connectivity index (χ2v) is 14.2. The summed E-state index contributed by atoms with van der Waals surface area (Å²) >= 11 is 0. The van der Waals surface area contributed by atoms with Crippen LogP contribution in [-0.2, 0) is 0 Å². The second-order valence-electron chi connectivity index (χ2n) is 14.2. The van der Waals surface area contributed by atoms with Crippen molar-refractivity contribution >= 4 is 93.2 Å². The SMILES string of the molecule is [C-]#[N+]c1cc(-n2c3ccccc3c3ccc4c5ccccc5oc4c32)ccc1-c1ccc(-n2c3ccccc3c3ccc4oc5ccccc5c4c32)cc1C#N. The molecule has 0 radical (unpaired) electrons. The summed E-state index contributed by atoms with van der Waals surface area (Å²) in [7, 11) is 0. The predicted molar refractivity (Wildman–Crippen MR) is 226 cm³/mol. The molecule has 0 unspecified atom stereocenters. The van der Waals surface area contributed by atoms with Crippen LogP contribution in [0.4, 0.5) is 5.69 Å². The van der Waals surface area contributed by atoms with Crippen molar-refractivity contribution in [1.82, 2.24) is 9.13 Å². The Hall–Kier alpha value is -8.06. The zero-order valence-electron chi connectivity index (χ0n) is 29.6. The highest BCUT2D eigenvalue weighted by molar-refractivity contribution is 6.25. The molecular formula is C50H26N4O2. The van der Waals surface area contributed by atoms with Crippen LogP contribution in [0.15, 0.2) is 167 Å². The maximum absolute atomic E-state index is 10.7. The molecule has 6 nitrogen and oxygen atoms in total. The van der Waals surface area contributed by atoms with Crippen LogP contribution >= 0.6 is 0 Å². The molecular weight excluding hydrogens is 689 g/mol. The van der Waals surface area contributed by atoms with E-state index in [1.807, 2.05) is 84.9 Å². The highest BCUT2D eigenvalue weighted by Gasteiger charge is 2.22. The lowest BCUT2D eigenvalue weighted by molar-refractivity contribution is 0.669. The van der Waals surface area contributed by atoms with Gasteiger partial charge in [-0.2, -0.15) is 5.26 Å². The summed E-state index contributed by atoms with van der Waals surface area (Å²) in [5, 5.41) is 19.3. The summed E-state index contributed by atoms with van der Waals surface area (Å²) in [5.41, 5.74) is 11.4. The van der Waals surface area contributed by atoms with Gasteiger partial charge in [-0.1, -0.05) is 91.0 Å². The summed E-state index contributed by atoms with van der Waals surface area (Å²) in [6, 6.07) is 55.8. The molecule has 0 saturated heterocycles. The van der Waals surface area contributed by atoms with Crippen LogP contribution < -0.4 is 0 Å². The standard InChI is InChI=1S/C50H26N4O2/c1-52-41-27-31(54-43-15-7-3-11-35(43)38-22-23-39-36-12-4-8-16-44(36)56-50(39)49(38)54)19-21-33(41)32-20-18-30(26-29(32)28-51)53-42-14-6-2-10-34(42)37-24-25-46-47(48(37)53)40-13-5-9-17-45(40)55-46/h2-27H. The Labute approximate surface area is 318 Å². The minimum atomic E-state index is 0.456. The molecule has 0 aliphatic carbocycles. The van der Waals surface area contributed by atoms with Crippen molar-refractivity contribution in [3.8, 4) is 28.6 Å². The van der Waals surface area contributed by atoms with Gasteiger partial charge in [-0.3, -0.25) is 0 Å². The third-order valence-electron chi connectivity index (χ3n) is 11.4. The largest absolute Gasteiger partial charge is 0.456 e. The van der Waals surface area contributed by atoms with E-state index in [9.17, 15) is 5.26 Å². The molecule has 4 heterocycles. The number of nitriles is 1. The lowest BCUT2D eigenvalue weighted by Crippen LogP contribution is -1.97. The Kier molecular flexibility index (Phi) is 6.10. The van der Waals surface area contributed by atoms with E-state index in [4.69, 9.17) is 15.4 Å². The van der Waals surface area contributed by atoms with E-state index < -0.39 is 0 Å². The molecule has 0 fully saturated rings. The minimum absolute atomic E-state index is 0.456. The quantitative estimate of drug-likeness (QED) is 0.171. The van der Waals surface area contributed by atoms with Crippen molar-refractivity contribution in [2.45, 2.75) is 0 Å². The molecule has 0 spiro atoms. The van der Waals surface area contributed by atoms with Gasteiger partial charge in [0.15, 0.2) is 11.3 Å². The monoisotopic (exact) mass is 714 g/mol. The van der Waals surface area contributed by atoms with E-state index in [-0.39, 0.29) is 0 Å². The minimum Gasteiger partial charge on any atom is -0.456 e. The number of nitrogens with zero attached hydrogens (tertiary/aromatic N) is 4. The highest BCUT2D eigenvalue weighted by Crippen LogP contribution is 2.44. The number of furan rings is 2. The van der Waals surface area contributed by atoms with Crippen molar-refractivity contribution in [1.29, 1.82) is 5.26 Å². The van der Waals surface area contributed by atoms with E-state index >= 15 is 0 Å². The zero-order valence-corrected chi connectivity index (χ0v) is 29.6. The van der Waals surface area contributed by atoms with Crippen LogP contribution in [0.1, 0.15) is 5.56 Å². The molecule has 8 aromatic carbocycles. The molecule has 0 atom stereocenters. The van der Waals surface area contributed by atoms with Gasteiger partial charge >= 0.3 is 0 Å². The van der Waals surface area contributed by atoms with Gasteiger partial charge in [-0.25, -0.2) is 4.85 Å². The number of aromatic nitrogens is 2. The molecule has 12 rings (SSSR count). The van der Waals surface area contributed by atoms with Crippen LogP contribution in [0.25, 0.3) is 115 Å². The van der Waals surface area contributed by atoms with Crippen molar-refractivity contribution in [3.63, 3.8) is 0 Å². The van der Waals surface area contributed by atoms with Gasteiger partial charge in [-0.05, 0) is 77.9 Å². The summed E-state index contributed by atoms with van der Waals surface area (Å²) in [6.45, 7) is 8.38. The Balaban J connectivity index is 1.06. The lowest BCUT2D eigenvalue weighted by Gasteiger charge is -2.14. The van der Waals surface area contributed by atoms with E-state index in [2.05, 4.69) is 92.8 Å². The average molecular weight is 715 g/mol. The van der Waals surface area contributed by atoms with E-state index in [0.29, 0.717) is 22.4 Å². The second kappa shape index (κ2) is 11.2. The first-order chi connectivity index (χ1) is 27.7. The van der Waals surface area contributed by atoms with E-state index in [1.165, 1.54) is 0 Å². The molecule has 0 aliphatic heterocycles. The number of rotatable bonds is 3. The fourth-order valence-electron chi connectivity index (χ4n) is 9.01. The smallest absolute Gasteiger partial charge is 0.197 e. The van der Waals surface area contributed by atoms with Gasteiger partial charge in [0.1, 0.15) is 16.7 Å². The van der Waals surface area contributed by atoms with Crippen LogP contribution in [0.5, 0.6) is 0 Å². The normalized spacial score (nSPS) is 11.9. The third kappa shape index (κ3) is 4.02. The highest BCUT2D eigenvalue weighted by atomic mass is 16.3. The number of hydrogen-bond donors (Lipinski definition) is 0. The van der Waals surface area contributed by atoms with Crippen molar-refractivity contribution in [2.24, 2.45) is 0 Å². The first-order valence-electron chi connectivity index (χ1n) is 18.4. The molecule has 56 heavy (non-hydrogen) atoms. The number of hydrogen-bond acceptors (Lipinski definition) is 3. The van der Waals surface area contributed by atoms with E-state index in [1.54, 1.807) is 0 Å². The van der Waals surface area contributed by atoms with Gasteiger partial charge in [0.2, 0.25) is 0 Å².